The Hall–Kier alpha value is -2.21. The van der Waals surface area contributed by atoms with E-state index in [4.69, 9.17) is 23.2 Å². The molecule has 0 spiro atoms. The van der Waals surface area contributed by atoms with Crippen LogP contribution in [0.25, 0.3) is 0 Å². The number of halogens is 3. The van der Waals surface area contributed by atoms with E-state index in [1.807, 2.05) is 30.5 Å². The molecule has 3 aromatic rings. The predicted octanol–water partition coefficient (Wildman–Crippen LogP) is 5.05. The van der Waals surface area contributed by atoms with Gasteiger partial charge in [0.2, 0.25) is 0 Å². The number of nitrogens with zero attached hydrogens (tertiary/aromatic N) is 1. The summed E-state index contributed by atoms with van der Waals surface area (Å²) in [4.78, 5) is 19.0. The Labute approximate surface area is 167 Å². The summed E-state index contributed by atoms with van der Waals surface area (Å²) < 4.78 is 0. The molecule has 0 fully saturated rings. The molecule has 0 bridgehead atoms. The highest BCUT2D eigenvalue weighted by atomic mass is 35.5. The summed E-state index contributed by atoms with van der Waals surface area (Å²) in [6.07, 6.45) is 4.27. The van der Waals surface area contributed by atoms with Gasteiger partial charge < -0.3 is 15.6 Å². The molecule has 2 amide bonds. The number of anilines is 1. The zero-order valence-electron chi connectivity index (χ0n) is 13.6. The van der Waals surface area contributed by atoms with Crippen molar-refractivity contribution in [1.29, 1.82) is 0 Å². The average molecular weight is 412 g/mol. The number of benzene rings is 2. The van der Waals surface area contributed by atoms with E-state index in [0.29, 0.717) is 22.3 Å². The van der Waals surface area contributed by atoms with Crippen molar-refractivity contribution in [3.05, 3.63) is 81.9 Å². The van der Waals surface area contributed by atoms with Crippen molar-refractivity contribution >= 4 is 47.3 Å². The fraction of sp³-hybridized carbons (Fsp3) is 0.111. The molecular formula is C18H17Cl3N4O. The molecule has 8 heteroatoms. The summed E-state index contributed by atoms with van der Waals surface area (Å²) in [5, 5.41) is 6.44. The molecule has 5 nitrogen and oxygen atoms in total. The molecule has 0 saturated carbocycles. The number of amides is 2. The van der Waals surface area contributed by atoms with Crippen molar-refractivity contribution in [2.24, 2.45) is 0 Å². The van der Waals surface area contributed by atoms with Gasteiger partial charge in [0.25, 0.3) is 0 Å². The van der Waals surface area contributed by atoms with Crippen LogP contribution in [-0.4, -0.2) is 16.0 Å². The van der Waals surface area contributed by atoms with E-state index >= 15 is 0 Å². The van der Waals surface area contributed by atoms with E-state index in [-0.39, 0.29) is 18.4 Å². The van der Waals surface area contributed by atoms with Crippen molar-refractivity contribution in [3.8, 4) is 0 Å². The lowest BCUT2D eigenvalue weighted by Crippen LogP contribution is -2.28. The monoisotopic (exact) mass is 410 g/mol. The molecule has 0 saturated heterocycles. The Balaban J connectivity index is 0.00000243. The van der Waals surface area contributed by atoms with Gasteiger partial charge in [0.05, 0.1) is 6.33 Å². The Morgan fingerprint density at radius 2 is 1.69 bits per heavy atom. The fourth-order valence-corrected chi connectivity index (χ4v) is 2.89. The zero-order chi connectivity index (χ0) is 17.6. The van der Waals surface area contributed by atoms with E-state index < -0.39 is 0 Å². The van der Waals surface area contributed by atoms with Gasteiger partial charge in [0.15, 0.2) is 0 Å². The van der Waals surface area contributed by atoms with E-state index in [2.05, 4.69) is 20.6 Å². The number of hydrogen-bond acceptors (Lipinski definition) is 2. The zero-order valence-corrected chi connectivity index (χ0v) is 16.0. The highest BCUT2D eigenvalue weighted by Gasteiger charge is 2.04. The molecule has 2 aromatic carbocycles. The average Bonchev–Trinajstić information content (AvgIpc) is 3.06. The summed E-state index contributed by atoms with van der Waals surface area (Å²) in [7, 11) is 0. The van der Waals surface area contributed by atoms with Gasteiger partial charge in [0, 0.05) is 40.6 Å². The Bertz CT molecular complexity index is 831. The van der Waals surface area contributed by atoms with Crippen LogP contribution in [0, 0.1) is 0 Å². The van der Waals surface area contributed by atoms with Crippen molar-refractivity contribution in [2.45, 2.75) is 13.0 Å². The van der Waals surface area contributed by atoms with Crippen LogP contribution in [0.3, 0.4) is 0 Å². The first-order valence-electron chi connectivity index (χ1n) is 7.64. The molecule has 0 aliphatic rings. The van der Waals surface area contributed by atoms with Gasteiger partial charge in [-0.25, -0.2) is 9.78 Å². The molecule has 136 valence electrons. The standard InChI is InChI=1S/C18H16Cl2N4O.ClH/c19-14-6-15(20)8-16(7-14)24-18(25)22-9-13-3-1-12(2-4-13)5-17-10-21-11-23-17;/h1-4,6-8,10-11H,5,9H2,(H,21,23)(H2,22,24,25);1H. The van der Waals surface area contributed by atoms with Crippen molar-refractivity contribution in [3.63, 3.8) is 0 Å². The Morgan fingerprint density at radius 3 is 2.31 bits per heavy atom. The molecule has 0 unspecified atom stereocenters. The number of aromatic amines is 1. The maximum atomic E-state index is 12.0. The van der Waals surface area contributed by atoms with Crippen LogP contribution < -0.4 is 10.6 Å². The van der Waals surface area contributed by atoms with E-state index in [1.54, 1.807) is 24.5 Å². The van der Waals surface area contributed by atoms with Crippen LogP contribution in [0.4, 0.5) is 10.5 Å². The molecule has 0 aliphatic heterocycles. The first kappa shape index (κ1) is 20.1. The largest absolute Gasteiger partial charge is 0.348 e. The Kier molecular flexibility index (Phi) is 7.33. The van der Waals surface area contributed by atoms with Gasteiger partial charge in [-0.2, -0.15) is 0 Å². The van der Waals surface area contributed by atoms with Crippen LogP contribution >= 0.6 is 35.6 Å². The summed E-state index contributed by atoms with van der Waals surface area (Å²) in [5.74, 6) is 0. The maximum Gasteiger partial charge on any atom is 0.319 e. The minimum atomic E-state index is -0.320. The molecule has 26 heavy (non-hydrogen) atoms. The summed E-state index contributed by atoms with van der Waals surface area (Å²) in [6.45, 7) is 0.421. The number of carbonyl (C=O) groups is 1. The van der Waals surface area contributed by atoms with Crippen LogP contribution in [0.5, 0.6) is 0 Å². The number of rotatable bonds is 5. The molecule has 1 heterocycles. The first-order chi connectivity index (χ1) is 12.1. The highest BCUT2D eigenvalue weighted by molar-refractivity contribution is 6.35. The molecule has 3 N–H and O–H groups in total. The molecule has 0 atom stereocenters. The predicted molar refractivity (Wildman–Crippen MR) is 107 cm³/mol. The second kappa shape index (κ2) is 9.48. The third-order valence-corrected chi connectivity index (χ3v) is 3.98. The van der Waals surface area contributed by atoms with Gasteiger partial charge in [-0.3, -0.25) is 0 Å². The minimum absolute atomic E-state index is 0. The number of aromatic nitrogens is 2. The smallest absolute Gasteiger partial charge is 0.319 e. The third kappa shape index (κ3) is 5.95. The van der Waals surface area contributed by atoms with Crippen LogP contribution in [0.2, 0.25) is 10.0 Å². The summed E-state index contributed by atoms with van der Waals surface area (Å²) in [6, 6.07) is 12.6. The van der Waals surface area contributed by atoms with Crippen molar-refractivity contribution in [2.75, 3.05) is 5.32 Å². The number of hydrogen-bond donors (Lipinski definition) is 3. The summed E-state index contributed by atoms with van der Waals surface area (Å²) in [5.41, 5.74) is 3.79. The molecule has 1 aromatic heterocycles. The fourth-order valence-electron chi connectivity index (χ4n) is 2.36. The van der Waals surface area contributed by atoms with E-state index in [1.165, 1.54) is 5.56 Å². The van der Waals surface area contributed by atoms with Gasteiger partial charge in [-0.1, -0.05) is 47.5 Å². The molecule has 0 radical (unpaired) electrons. The number of H-pyrrole nitrogens is 1. The lowest BCUT2D eigenvalue weighted by Gasteiger charge is -2.09. The molecule has 3 rings (SSSR count). The lowest BCUT2D eigenvalue weighted by atomic mass is 10.1. The SMILES string of the molecule is Cl.O=C(NCc1ccc(Cc2cnc[nH]2)cc1)Nc1cc(Cl)cc(Cl)c1. The van der Waals surface area contributed by atoms with Crippen LogP contribution in [0.1, 0.15) is 16.8 Å². The quantitative estimate of drug-likeness (QED) is 0.550. The second-order valence-corrected chi connectivity index (χ2v) is 6.41. The minimum Gasteiger partial charge on any atom is -0.348 e. The normalized spacial score (nSPS) is 10.1. The number of imidazole rings is 1. The first-order valence-corrected chi connectivity index (χ1v) is 8.40. The Morgan fingerprint density at radius 1 is 1.04 bits per heavy atom. The number of urea groups is 1. The summed E-state index contributed by atoms with van der Waals surface area (Å²) >= 11 is 11.8. The van der Waals surface area contributed by atoms with Gasteiger partial charge in [0.1, 0.15) is 0 Å². The van der Waals surface area contributed by atoms with Crippen LogP contribution in [-0.2, 0) is 13.0 Å². The van der Waals surface area contributed by atoms with Crippen molar-refractivity contribution in [1.82, 2.24) is 15.3 Å². The number of carbonyl (C=O) groups excluding carboxylic acids is 1. The lowest BCUT2D eigenvalue weighted by molar-refractivity contribution is 0.251. The van der Waals surface area contributed by atoms with Gasteiger partial charge in [-0.15, -0.1) is 12.4 Å². The van der Waals surface area contributed by atoms with E-state index in [0.717, 1.165) is 17.7 Å². The van der Waals surface area contributed by atoms with E-state index in [9.17, 15) is 4.79 Å². The molecular weight excluding hydrogens is 395 g/mol. The van der Waals surface area contributed by atoms with Crippen LogP contribution in [0.15, 0.2) is 55.0 Å². The third-order valence-electron chi connectivity index (χ3n) is 3.55. The maximum absolute atomic E-state index is 12.0. The molecule has 0 aliphatic carbocycles. The number of nitrogens with one attached hydrogen (secondary N) is 3. The second-order valence-electron chi connectivity index (χ2n) is 5.54. The van der Waals surface area contributed by atoms with Gasteiger partial charge in [-0.05, 0) is 29.3 Å². The topological polar surface area (TPSA) is 69.8 Å². The van der Waals surface area contributed by atoms with Crippen molar-refractivity contribution < 1.29 is 4.79 Å². The van der Waals surface area contributed by atoms with Gasteiger partial charge >= 0.3 is 6.03 Å². The highest BCUT2D eigenvalue weighted by Crippen LogP contribution is 2.22.